The molecule has 13 heteroatoms. The second kappa shape index (κ2) is 16.9. The second-order valence-electron chi connectivity index (χ2n) is 11.5. The van der Waals surface area contributed by atoms with Gasteiger partial charge in [0.25, 0.3) is 11.8 Å². The van der Waals surface area contributed by atoms with E-state index in [4.69, 9.17) is 9.47 Å². The van der Waals surface area contributed by atoms with Gasteiger partial charge in [0.1, 0.15) is 12.1 Å². The largest absolute Gasteiger partial charge is 0.416 e. The Morgan fingerprint density at radius 1 is 0.857 bits per heavy atom. The number of amides is 2. The number of nitrogens with zero attached hydrogens (tertiary/aromatic N) is 3. The van der Waals surface area contributed by atoms with Crippen LogP contribution in [0.2, 0.25) is 0 Å². The maximum Gasteiger partial charge on any atom is 0.416 e. The van der Waals surface area contributed by atoms with Crippen LogP contribution in [0.1, 0.15) is 51.1 Å². The van der Waals surface area contributed by atoms with Crippen molar-refractivity contribution >= 4 is 29.0 Å². The van der Waals surface area contributed by atoms with E-state index in [9.17, 15) is 22.8 Å². The number of halogens is 3. The van der Waals surface area contributed by atoms with Gasteiger partial charge in [0.15, 0.2) is 0 Å². The number of benzene rings is 3. The minimum Gasteiger partial charge on any atom is -0.382 e. The Hall–Kier alpha value is -5.01. The fraction of sp³-hybridized carbons (Fsp3) is 0.333. The summed E-state index contributed by atoms with van der Waals surface area (Å²) < 4.78 is 50.0. The lowest BCUT2D eigenvalue weighted by atomic mass is 10.0. The van der Waals surface area contributed by atoms with E-state index in [1.54, 1.807) is 37.4 Å². The highest BCUT2D eigenvalue weighted by Crippen LogP contribution is 2.34. The fourth-order valence-electron chi connectivity index (χ4n) is 5.43. The van der Waals surface area contributed by atoms with Crippen molar-refractivity contribution in [3.63, 3.8) is 0 Å². The van der Waals surface area contributed by atoms with Crippen molar-refractivity contribution in [3.8, 4) is 11.3 Å². The highest BCUT2D eigenvalue weighted by molar-refractivity contribution is 6.08. The standard InChI is InChI=1S/C36H39F3N6O4/c1-48-17-18-49-16-13-40-34(46)26-8-6-9-27(20-26)35(47)44-31-12-11-29(45-14-3-2-4-15-45)21-30(31)32-22-33(43-24-42-32)41-23-25-7-5-10-28(19-25)36(37,38)39/h5-12,19-22,24H,2-4,13-18,23H2,1H3,(H,40,46)(H,44,47)(H,41,42,43). The van der Waals surface area contributed by atoms with Crippen molar-refractivity contribution in [1.82, 2.24) is 15.3 Å². The van der Waals surface area contributed by atoms with Gasteiger partial charge in [-0.2, -0.15) is 13.2 Å². The molecule has 49 heavy (non-hydrogen) atoms. The zero-order valence-corrected chi connectivity index (χ0v) is 27.2. The Labute approximate surface area is 283 Å². The molecule has 0 bridgehead atoms. The predicted octanol–water partition coefficient (Wildman–Crippen LogP) is 6.41. The molecule has 0 saturated carbocycles. The molecule has 3 N–H and O–H groups in total. The van der Waals surface area contributed by atoms with Crippen LogP contribution in [-0.2, 0) is 22.2 Å². The van der Waals surface area contributed by atoms with E-state index in [0.717, 1.165) is 43.8 Å². The molecule has 4 aromatic rings. The number of hydrogen-bond acceptors (Lipinski definition) is 8. The Morgan fingerprint density at radius 2 is 1.63 bits per heavy atom. The van der Waals surface area contributed by atoms with Crippen LogP contribution in [0.5, 0.6) is 0 Å². The van der Waals surface area contributed by atoms with Gasteiger partial charge in [-0.3, -0.25) is 9.59 Å². The number of nitrogens with one attached hydrogen (secondary N) is 3. The Bertz CT molecular complexity index is 1730. The Balaban J connectivity index is 1.34. The molecule has 2 amide bonds. The van der Waals surface area contributed by atoms with Crippen LogP contribution in [0.15, 0.2) is 79.1 Å². The zero-order valence-electron chi connectivity index (χ0n) is 27.2. The number of rotatable bonds is 14. The molecule has 0 aliphatic carbocycles. The number of methoxy groups -OCH3 is 1. The number of hydrogen-bond donors (Lipinski definition) is 3. The van der Waals surface area contributed by atoms with Gasteiger partial charge >= 0.3 is 6.18 Å². The zero-order chi connectivity index (χ0) is 34.6. The van der Waals surface area contributed by atoms with Gasteiger partial charge in [-0.15, -0.1) is 0 Å². The van der Waals surface area contributed by atoms with Gasteiger partial charge in [0.05, 0.1) is 36.8 Å². The summed E-state index contributed by atoms with van der Waals surface area (Å²) in [6.45, 7) is 3.46. The first-order valence-electron chi connectivity index (χ1n) is 16.1. The summed E-state index contributed by atoms with van der Waals surface area (Å²) >= 11 is 0. The van der Waals surface area contributed by atoms with E-state index in [2.05, 4.69) is 30.8 Å². The molecular weight excluding hydrogens is 637 g/mol. The third kappa shape index (κ3) is 10.00. The third-order valence-electron chi connectivity index (χ3n) is 7.99. The van der Waals surface area contributed by atoms with E-state index in [-0.39, 0.29) is 12.5 Å². The first-order chi connectivity index (χ1) is 23.7. The average molecular weight is 677 g/mol. The Kier molecular flexibility index (Phi) is 12.2. The third-order valence-corrected chi connectivity index (χ3v) is 7.99. The van der Waals surface area contributed by atoms with Crippen LogP contribution in [-0.4, -0.2) is 68.3 Å². The van der Waals surface area contributed by atoms with E-state index >= 15 is 0 Å². The number of carbonyl (C=O) groups is 2. The normalized spacial score (nSPS) is 13.2. The SMILES string of the molecule is COCCOCCNC(=O)c1cccc(C(=O)Nc2ccc(N3CCCCC3)cc2-c2cc(NCc3cccc(C(F)(F)F)c3)ncn2)c1. The number of carbonyl (C=O) groups excluding carboxylic acids is 2. The molecule has 3 aromatic carbocycles. The molecule has 1 aromatic heterocycles. The number of aromatic nitrogens is 2. The topological polar surface area (TPSA) is 118 Å². The van der Waals surface area contributed by atoms with E-state index in [0.29, 0.717) is 65.8 Å². The smallest absolute Gasteiger partial charge is 0.382 e. The highest BCUT2D eigenvalue weighted by atomic mass is 19.4. The van der Waals surface area contributed by atoms with E-state index in [1.165, 1.54) is 24.9 Å². The molecular formula is C36H39F3N6O4. The summed E-state index contributed by atoms with van der Waals surface area (Å²) in [5.74, 6) is -0.338. The molecule has 5 rings (SSSR count). The quantitative estimate of drug-likeness (QED) is 0.131. The van der Waals surface area contributed by atoms with Gasteiger partial charge in [0.2, 0.25) is 0 Å². The van der Waals surface area contributed by atoms with Gasteiger partial charge in [0, 0.05) is 61.7 Å². The molecule has 1 fully saturated rings. The first kappa shape index (κ1) is 35.3. The molecule has 0 radical (unpaired) electrons. The van der Waals surface area contributed by atoms with Crippen LogP contribution in [0.3, 0.4) is 0 Å². The molecule has 1 aliphatic rings. The highest BCUT2D eigenvalue weighted by Gasteiger charge is 2.30. The minimum absolute atomic E-state index is 0.114. The van der Waals surface area contributed by atoms with Gasteiger partial charge in [-0.25, -0.2) is 9.97 Å². The van der Waals surface area contributed by atoms with Crippen LogP contribution in [0.4, 0.5) is 30.4 Å². The summed E-state index contributed by atoms with van der Waals surface area (Å²) in [5.41, 5.74) is 2.98. The maximum atomic E-state index is 13.5. The van der Waals surface area contributed by atoms with Gasteiger partial charge in [-0.05, 0) is 73.4 Å². The van der Waals surface area contributed by atoms with E-state index < -0.39 is 17.6 Å². The number of anilines is 3. The summed E-state index contributed by atoms with van der Waals surface area (Å²) in [5, 5.41) is 8.86. The van der Waals surface area contributed by atoms with Crippen molar-refractivity contribution < 1.29 is 32.2 Å². The van der Waals surface area contributed by atoms with Gasteiger partial charge in [-0.1, -0.05) is 18.2 Å². The molecule has 258 valence electrons. The average Bonchev–Trinajstić information content (AvgIpc) is 3.12. The molecule has 0 unspecified atom stereocenters. The van der Waals surface area contributed by atoms with Gasteiger partial charge < -0.3 is 30.3 Å². The number of ether oxygens (including phenoxy) is 2. The summed E-state index contributed by atoms with van der Waals surface area (Å²) in [6, 6.07) is 19.0. The van der Waals surface area contributed by atoms with Crippen molar-refractivity contribution in [3.05, 3.63) is 101 Å². The van der Waals surface area contributed by atoms with Crippen molar-refractivity contribution in [2.24, 2.45) is 0 Å². The minimum atomic E-state index is -4.44. The summed E-state index contributed by atoms with van der Waals surface area (Å²) in [7, 11) is 1.58. The van der Waals surface area contributed by atoms with Crippen molar-refractivity contribution in [1.29, 1.82) is 0 Å². The van der Waals surface area contributed by atoms with Crippen molar-refractivity contribution in [2.75, 3.05) is 62.1 Å². The molecule has 0 atom stereocenters. The molecule has 1 saturated heterocycles. The molecule has 2 heterocycles. The molecule has 0 spiro atoms. The number of piperidine rings is 1. The van der Waals surface area contributed by atoms with Crippen LogP contribution >= 0.6 is 0 Å². The van der Waals surface area contributed by atoms with Crippen LogP contribution < -0.4 is 20.9 Å². The maximum absolute atomic E-state index is 13.5. The predicted molar refractivity (Wildman–Crippen MR) is 182 cm³/mol. The Morgan fingerprint density at radius 3 is 2.41 bits per heavy atom. The van der Waals surface area contributed by atoms with E-state index in [1.807, 2.05) is 18.2 Å². The monoisotopic (exact) mass is 676 g/mol. The van der Waals surface area contributed by atoms with Crippen LogP contribution in [0, 0.1) is 0 Å². The van der Waals surface area contributed by atoms with Crippen LogP contribution in [0.25, 0.3) is 11.3 Å². The molecule has 10 nitrogen and oxygen atoms in total. The lowest BCUT2D eigenvalue weighted by Crippen LogP contribution is -2.29. The molecule has 1 aliphatic heterocycles. The summed E-state index contributed by atoms with van der Waals surface area (Å²) in [6.07, 6.45) is 0.258. The summed E-state index contributed by atoms with van der Waals surface area (Å²) in [4.78, 5) is 37.3. The fourth-order valence-corrected chi connectivity index (χ4v) is 5.43. The van der Waals surface area contributed by atoms with Crippen molar-refractivity contribution in [2.45, 2.75) is 32.0 Å². The second-order valence-corrected chi connectivity index (χ2v) is 11.5. The number of alkyl halides is 3. The first-order valence-corrected chi connectivity index (χ1v) is 16.1. The lowest BCUT2D eigenvalue weighted by molar-refractivity contribution is -0.137. The lowest BCUT2D eigenvalue weighted by Gasteiger charge is -2.29.